The van der Waals surface area contributed by atoms with Crippen molar-refractivity contribution >= 4 is 45.2 Å². The van der Waals surface area contributed by atoms with Gasteiger partial charge in [-0.05, 0) is 38.0 Å². The van der Waals surface area contributed by atoms with Crippen LogP contribution in [0.4, 0.5) is 5.69 Å². The van der Waals surface area contributed by atoms with E-state index in [9.17, 15) is 0 Å². The topological polar surface area (TPSA) is 40.2 Å². The maximum absolute atomic E-state index is 8.70. The zero-order valence-corrected chi connectivity index (χ0v) is 15.2. The highest BCUT2D eigenvalue weighted by atomic mass is 32.2. The molecule has 3 aromatic rings. The van der Waals surface area contributed by atoms with Crippen molar-refractivity contribution in [3.05, 3.63) is 42.5 Å². The molecule has 2 heterocycles. The molecule has 1 N–H and O–H groups in total. The largest absolute Gasteiger partial charge is 0.456 e. The number of amidine groups is 1. The smallest absolute Gasteiger partial charge is 0.137 e. The molecule has 1 aromatic heterocycles. The molecule has 2 aliphatic rings. The summed E-state index contributed by atoms with van der Waals surface area (Å²) < 4.78 is 6.09. The Hall–Kier alpha value is -1.94. The van der Waals surface area contributed by atoms with E-state index in [1.54, 1.807) is 0 Å². The molecule has 0 bridgehead atoms. The van der Waals surface area contributed by atoms with E-state index in [0.717, 1.165) is 33.5 Å². The monoisotopic (exact) mass is 350 g/mol. The Labute approximate surface area is 151 Å². The zero-order valence-electron chi connectivity index (χ0n) is 14.4. The van der Waals surface area contributed by atoms with Gasteiger partial charge in [0.2, 0.25) is 0 Å². The maximum Gasteiger partial charge on any atom is 0.137 e. The van der Waals surface area contributed by atoms with Gasteiger partial charge in [-0.25, -0.2) is 0 Å². The van der Waals surface area contributed by atoms with E-state index in [2.05, 4.69) is 42.2 Å². The Kier molecular flexibility index (Phi) is 3.39. The van der Waals surface area contributed by atoms with Crippen molar-refractivity contribution in [2.75, 3.05) is 4.90 Å². The minimum Gasteiger partial charge on any atom is -0.456 e. The van der Waals surface area contributed by atoms with Crippen LogP contribution in [-0.2, 0) is 0 Å². The molecule has 2 fully saturated rings. The Morgan fingerprint density at radius 1 is 1.04 bits per heavy atom. The lowest BCUT2D eigenvalue weighted by atomic mass is 9.92. The van der Waals surface area contributed by atoms with Gasteiger partial charge < -0.3 is 9.32 Å². The number of benzene rings is 2. The van der Waals surface area contributed by atoms with E-state index in [4.69, 9.17) is 9.83 Å². The number of nitrogens with zero attached hydrogens (tertiary/aromatic N) is 1. The molecule has 4 heteroatoms. The van der Waals surface area contributed by atoms with E-state index in [1.807, 2.05) is 23.9 Å². The first kappa shape index (κ1) is 15.3. The van der Waals surface area contributed by atoms with Gasteiger partial charge in [-0.15, -0.1) is 11.8 Å². The molecule has 1 saturated carbocycles. The highest BCUT2D eigenvalue weighted by molar-refractivity contribution is 8.02. The summed E-state index contributed by atoms with van der Waals surface area (Å²) in [7, 11) is 0. The third-order valence-electron chi connectivity index (χ3n) is 5.69. The zero-order chi connectivity index (χ0) is 17.0. The Balaban J connectivity index is 1.65. The predicted molar refractivity (Wildman–Crippen MR) is 107 cm³/mol. The Morgan fingerprint density at radius 3 is 2.64 bits per heavy atom. The number of rotatable bonds is 1. The molecular formula is C21H22N2OS. The van der Waals surface area contributed by atoms with Crippen molar-refractivity contribution in [1.82, 2.24) is 0 Å². The molecule has 1 spiro atoms. The van der Waals surface area contributed by atoms with Crippen LogP contribution in [-0.4, -0.2) is 16.0 Å². The second kappa shape index (κ2) is 5.53. The molecule has 1 atom stereocenters. The highest BCUT2D eigenvalue weighted by Crippen LogP contribution is 2.52. The van der Waals surface area contributed by atoms with Crippen LogP contribution in [0.15, 0.2) is 46.9 Å². The van der Waals surface area contributed by atoms with Gasteiger partial charge in [0.25, 0.3) is 0 Å². The van der Waals surface area contributed by atoms with Crippen molar-refractivity contribution in [2.24, 2.45) is 0 Å². The van der Waals surface area contributed by atoms with E-state index < -0.39 is 0 Å². The molecule has 0 unspecified atom stereocenters. The molecule has 1 saturated heterocycles. The van der Waals surface area contributed by atoms with Crippen LogP contribution in [0, 0.1) is 5.41 Å². The lowest BCUT2D eigenvalue weighted by Crippen LogP contribution is -2.45. The lowest BCUT2D eigenvalue weighted by Gasteiger charge is -2.41. The first-order valence-electron chi connectivity index (χ1n) is 9.16. The summed E-state index contributed by atoms with van der Waals surface area (Å²) in [6, 6.07) is 14.7. The number of furan rings is 1. The average Bonchev–Trinajstić information content (AvgIpc) is 3.10. The molecule has 128 valence electrons. The quantitative estimate of drug-likeness (QED) is 0.571. The van der Waals surface area contributed by atoms with Crippen LogP contribution in [0.3, 0.4) is 0 Å². The van der Waals surface area contributed by atoms with Crippen molar-refractivity contribution in [3.63, 3.8) is 0 Å². The number of hydrogen-bond donors (Lipinski definition) is 1. The molecule has 3 nitrogen and oxygen atoms in total. The third-order valence-corrected chi connectivity index (χ3v) is 7.29. The Bertz CT molecular complexity index is 970. The first-order chi connectivity index (χ1) is 12.2. The van der Waals surface area contributed by atoms with E-state index in [0.29, 0.717) is 0 Å². The van der Waals surface area contributed by atoms with E-state index in [-0.39, 0.29) is 10.1 Å². The van der Waals surface area contributed by atoms with Crippen LogP contribution in [0.1, 0.15) is 39.0 Å². The molecular weight excluding hydrogens is 328 g/mol. The van der Waals surface area contributed by atoms with Gasteiger partial charge in [-0.1, -0.05) is 37.5 Å². The molecule has 1 aliphatic carbocycles. The summed E-state index contributed by atoms with van der Waals surface area (Å²) in [6.07, 6.45) is 6.18. The number of anilines is 1. The van der Waals surface area contributed by atoms with Crippen molar-refractivity contribution in [2.45, 2.75) is 49.1 Å². The van der Waals surface area contributed by atoms with E-state index in [1.165, 1.54) is 32.1 Å². The lowest BCUT2D eigenvalue weighted by molar-refractivity contribution is 0.410. The second-order valence-corrected chi connectivity index (χ2v) is 8.97. The molecule has 1 aliphatic heterocycles. The number of para-hydroxylation sites is 1. The number of nitrogens with one attached hydrogen (secondary N) is 1. The fourth-order valence-corrected chi connectivity index (χ4v) is 6.22. The van der Waals surface area contributed by atoms with Gasteiger partial charge in [-0.2, -0.15) is 0 Å². The van der Waals surface area contributed by atoms with Crippen LogP contribution in [0.2, 0.25) is 0 Å². The summed E-state index contributed by atoms with van der Waals surface area (Å²) in [5.41, 5.74) is 2.96. The van der Waals surface area contributed by atoms with Crippen LogP contribution >= 0.6 is 11.8 Å². The summed E-state index contributed by atoms with van der Waals surface area (Å²) in [5, 5.41) is 11.3. The SMILES string of the molecule is C[C@H]1SC2(CCCCC2)N(c2ccc3c(c2)oc2ccccc23)C1=N. The molecule has 5 rings (SSSR count). The van der Waals surface area contributed by atoms with Gasteiger partial charge in [0.1, 0.15) is 17.0 Å². The number of thioether (sulfide) groups is 1. The van der Waals surface area contributed by atoms with Crippen molar-refractivity contribution in [3.8, 4) is 0 Å². The highest BCUT2D eigenvalue weighted by Gasteiger charge is 2.49. The molecule has 0 radical (unpaired) electrons. The fraction of sp³-hybridized carbons (Fsp3) is 0.381. The van der Waals surface area contributed by atoms with Crippen LogP contribution in [0.25, 0.3) is 21.9 Å². The average molecular weight is 350 g/mol. The molecule has 25 heavy (non-hydrogen) atoms. The summed E-state index contributed by atoms with van der Waals surface area (Å²) in [6.45, 7) is 2.17. The summed E-state index contributed by atoms with van der Waals surface area (Å²) >= 11 is 1.98. The Morgan fingerprint density at radius 2 is 1.80 bits per heavy atom. The number of hydrogen-bond acceptors (Lipinski definition) is 3. The van der Waals surface area contributed by atoms with Gasteiger partial charge >= 0.3 is 0 Å². The maximum atomic E-state index is 8.70. The fourth-order valence-electron chi connectivity index (χ4n) is 4.51. The van der Waals surface area contributed by atoms with Gasteiger partial charge in [0.15, 0.2) is 0 Å². The van der Waals surface area contributed by atoms with Crippen molar-refractivity contribution < 1.29 is 4.42 Å². The van der Waals surface area contributed by atoms with Crippen molar-refractivity contribution in [1.29, 1.82) is 5.41 Å². The molecule has 0 amide bonds. The first-order valence-corrected chi connectivity index (χ1v) is 10.0. The molecule has 2 aromatic carbocycles. The minimum atomic E-state index is 0.0639. The van der Waals surface area contributed by atoms with Gasteiger partial charge in [-0.3, -0.25) is 5.41 Å². The van der Waals surface area contributed by atoms with Gasteiger partial charge in [0.05, 0.1) is 10.1 Å². The standard InChI is InChI=1S/C21H22N2OS/c1-14-20(22)23(21(25-14)11-5-2-6-12-21)15-9-10-17-16-7-3-4-8-18(16)24-19(17)13-15/h3-4,7-10,13-14,22H,2,5-6,11-12H2,1H3/t14-/m1/s1. The third kappa shape index (κ3) is 2.23. The van der Waals surface area contributed by atoms with Gasteiger partial charge in [0, 0.05) is 22.5 Å². The van der Waals surface area contributed by atoms with Crippen LogP contribution in [0.5, 0.6) is 0 Å². The van der Waals surface area contributed by atoms with E-state index >= 15 is 0 Å². The number of fused-ring (bicyclic) bond motifs is 3. The van der Waals surface area contributed by atoms with Crippen LogP contribution < -0.4 is 4.90 Å². The second-order valence-electron chi connectivity index (χ2n) is 7.27. The normalized spacial score (nSPS) is 23.2. The predicted octanol–water partition coefficient (Wildman–Crippen LogP) is 6.17. The summed E-state index contributed by atoms with van der Waals surface area (Å²) in [4.78, 5) is 2.36. The summed E-state index contributed by atoms with van der Waals surface area (Å²) in [5.74, 6) is 0.738. The minimum absolute atomic E-state index is 0.0639.